The van der Waals surface area contributed by atoms with E-state index in [9.17, 15) is 13.6 Å². The summed E-state index contributed by atoms with van der Waals surface area (Å²) < 4.78 is 28.5. The van der Waals surface area contributed by atoms with Crippen LogP contribution in [0.5, 0.6) is 0 Å². The monoisotopic (exact) mass is 433 g/mol. The summed E-state index contributed by atoms with van der Waals surface area (Å²) in [7, 11) is 0. The van der Waals surface area contributed by atoms with E-state index in [1.165, 1.54) is 12.1 Å². The summed E-state index contributed by atoms with van der Waals surface area (Å²) >= 11 is 0. The average molecular weight is 434 g/mol. The highest BCUT2D eigenvalue weighted by molar-refractivity contribution is 5.82. The fourth-order valence-corrected chi connectivity index (χ4v) is 4.94. The van der Waals surface area contributed by atoms with Crippen LogP contribution in [-0.2, 0) is 17.8 Å². The van der Waals surface area contributed by atoms with Crippen LogP contribution in [0.2, 0.25) is 0 Å². The smallest absolute Gasteiger partial charge is 0.225 e. The molecule has 1 saturated heterocycles. The van der Waals surface area contributed by atoms with Gasteiger partial charge in [-0.15, -0.1) is 0 Å². The van der Waals surface area contributed by atoms with E-state index < -0.39 is 0 Å². The van der Waals surface area contributed by atoms with Gasteiger partial charge in [-0.1, -0.05) is 48.5 Å². The minimum Gasteiger partial charge on any atom is -0.365 e. The molecule has 0 bridgehead atoms. The third kappa shape index (κ3) is 3.81. The summed E-state index contributed by atoms with van der Waals surface area (Å²) in [5, 5.41) is 2.94. The molecule has 2 atom stereocenters. The van der Waals surface area contributed by atoms with Crippen LogP contribution in [0.4, 0.5) is 20.2 Å². The fourth-order valence-electron chi connectivity index (χ4n) is 4.94. The van der Waals surface area contributed by atoms with E-state index in [1.807, 2.05) is 23.1 Å². The number of fused-ring (bicyclic) bond motifs is 3. The highest BCUT2D eigenvalue weighted by atomic mass is 19.1. The van der Waals surface area contributed by atoms with E-state index in [2.05, 4.69) is 22.3 Å². The molecule has 2 aliphatic heterocycles. The summed E-state index contributed by atoms with van der Waals surface area (Å²) in [5.41, 5.74) is 3.31. The zero-order valence-electron chi connectivity index (χ0n) is 17.7. The molecule has 3 aromatic carbocycles. The number of amides is 1. The molecule has 1 fully saturated rings. The van der Waals surface area contributed by atoms with Crippen LogP contribution in [0.1, 0.15) is 11.1 Å². The second-order valence-electron chi connectivity index (χ2n) is 8.41. The number of piperazine rings is 1. The fraction of sp³-hybridized carbons (Fsp3) is 0.269. The van der Waals surface area contributed by atoms with Crippen molar-refractivity contribution in [2.24, 2.45) is 5.92 Å². The number of para-hydroxylation sites is 2. The summed E-state index contributed by atoms with van der Waals surface area (Å²) in [6, 6.07) is 21.3. The lowest BCUT2D eigenvalue weighted by Gasteiger charge is -2.49. The van der Waals surface area contributed by atoms with Crippen LogP contribution in [-0.4, -0.2) is 31.6 Å². The average Bonchev–Trinajstić information content (AvgIpc) is 2.83. The highest BCUT2D eigenvalue weighted by Crippen LogP contribution is 2.37. The molecule has 6 heteroatoms. The predicted molar refractivity (Wildman–Crippen MR) is 122 cm³/mol. The molecule has 4 nitrogen and oxygen atoms in total. The Morgan fingerprint density at radius 1 is 0.875 bits per heavy atom. The molecule has 1 N–H and O–H groups in total. The molecule has 164 valence electrons. The molecule has 0 unspecified atom stereocenters. The van der Waals surface area contributed by atoms with Gasteiger partial charge < -0.3 is 15.1 Å². The van der Waals surface area contributed by atoms with Crippen molar-refractivity contribution in [1.29, 1.82) is 0 Å². The zero-order valence-corrected chi connectivity index (χ0v) is 17.7. The van der Waals surface area contributed by atoms with Crippen LogP contribution in [0.15, 0.2) is 72.8 Å². The second kappa shape index (κ2) is 8.61. The first-order valence-electron chi connectivity index (χ1n) is 11.0. The van der Waals surface area contributed by atoms with Crippen LogP contribution in [0.25, 0.3) is 0 Å². The van der Waals surface area contributed by atoms with Gasteiger partial charge in [0.2, 0.25) is 5.91 Å². The van der Waals surface area contributed by atoms with Gasteiger partial charge in [0.15, 0.2) is 0 Å². The number of halogens is 2. The number of anilines is 2. The highest BCUT2D eigenvalue weighted by Gasteiger charge is 2.41. The molecule has 0 aliphatic carbocycles. The van der Waals surface area contributed by atoms with Crippen molar-refractivity contribution in [2.75, 3.05) is 29.4 Å². The number of nitrogens with zero attached hydrogens (tertiary/aromatic N) is 2. The standard InChI is InChI=1S/C26H25F2N3O/c27-21-9-3-1-8-19(21)16-29-26(32)20-15-18-7-2-5-11-23(18)31-14-13-30(17-25(20)31)24-12-6-4-10-22(24)28/h1-12,20,25H,13-17H2,(H,29,32)/t20-,25+/m0/s1. The largest absolute Gasteiger partial charge is 0.365 e. The zero-order chi connectivity index (χ0) is 22.1. The van der Waals surface area contributed by atoms with E-state index in [0.29, 0.717) is 37.3 Å². The lowest BCUT2D eigenvalue weighted by molar-refractivity contribution is -0.126. The van der Waals surface area contributed by atoms with Gasteiger partial charge in [-0.3, -0.25) is 4.79 Å². The van der Waals surface area contributed by atoms with Gasteiger partial charge in [-0.2, -0.15) is 0 Å². The van der Waals surface area contributed by atoms with Crippen molar-refractivity contribution in [1.82, 2.24) is 5.32 Å². The Kier molecular flexibility index (Phi) is 5.52. The summed E-state index contributed by atoms with van der Waals surface area (Å²) in [6.45, 7) is 2.07. The van der Waals surface area contributed by atoms with Gasteiger partial charge in [-0.05, 0) is 36.2 Å². The third-order valence-corrected chi connectivity index (χ3v) is 6.56. The number of hydrogen-bond donors (Lipinski definition) is 1. The molecule has 1 amide bonds. The van der Waals surface area contributed by atoms with Gasteiger partial charge in [0.05, 0.1) is 17.6 Å². The van der Waals surface area contributed by atoms with Gasteiger partial charge in [0, 0.05) is 37.4 Å². The number of rotatable bonds is 4. The summed E-state index contributed by atoms with van der Waals surface area (Å²) in [5.74, 6) is -0.996. The molecule has 0 aromatic heterocycles. The number of nitrogens with one attached hydrogen (secondary N) is 1. The molecule has 2 aliphatic rings. The van der Waals surface area contributed by atoms with Crippen molar-refractivity contribution >= 4 is 17.3 Å². The van der Waals surface area contributed by atoms with E-state index in [0.717, 1.165) is 11.3 Å². The Bertz CT molecular complexity index is 1140. The maximum absolute atomic E-state index is 14.5. The Labute approximate surface area is 186 Å². The van der Waals surface area contributed by atoms with Crippen molar-refractivity contribution in [2.45, 2.75) is 19.0 Å². The number of carbonyl (C=O) groups is 1. The van der Waals surface area contributed by atoms with Crippen LogP contribution in [0.3, 0.4) is 0 Å². The number of carbonyl (C=O) groups excluding carboxylic acids is 1. The maximum atomic E-state index is 14.5. The van der Waals surface area contributed by atoms with Crippen molar-refractivity contribution < 1.29 is 13.6 Å². The normalized spacial score (nSPS) is 19.8. The first-order chi connectivity index (χ1) is 15.6. The van der Waals surface area contributed by atoms with Crippen molar-refractivity contribution in [3.05, 3.63) is 95.6 Å². The van der Waals surface area contributed by atoms with Crippen molar-refractivity contribution in [3.8, 4) is 0 Å². The Morgan fingerprint density at radius 3 is 2.34 bits per heavy atom. The molecule has 3 aromatic rings. The Morgan fingerprint density at radius 2 is 1.56 bits per heavy atom. The topological polar surface area (TPSA) is 35.6 Å². The number of hydrogen-bond acceptors (Lipinski definition) is 3. The maximum Gasteiger partial charge on any atom is 0.225 e. The second-order valence-corrected chi connectivity index (χ2v) is 8.41. The predicted octanol–water partition coefficient (Wildman–Crippen LogP) is 4.15. The minimum atomic E-state index is -0.327. The molecule has 0 spiro atoms. The molecular weight excluding hydrogens is 408 g/mol. The SMILES string of the molecule is O=C(NCc1ccccc1F)[C@H]1Cc2ccccc2N2CCN(c3ccccc3F)C[C@H]12. The van der Waals surface area contributed by atoms with E-state index in [-0.39, 0.29) is 36.0 Å². The van der Waals surface area contributed by atoms with Crippen LogP contribution in [0, 0.1) is 17.6 Å². The first-order valence-corrected chi connectivity index (χ1v) is 11.0. The van der Waals surface area contributed by atoms with E-state index in [1.54, 1.807) is 30.3 Å². The van der Waals surface area contributed by atoms with Gasteiger partial charge in [-0.25, -0.2) is 8.78 Å². The molecule has 2 heterocycles. The van der Waals surface area contributed by atoms with Gasteiger partial charge in [0.25, 0.3) is 0 Å². The number of benzene rings is 3. The molecule has 0 radical (unpaired) electrons. The quantitative estimate of drug-likeness (QED) is 0.672. The first kappa shape index (κ1) is 20.5. The van der Waals surface area contributed by atoms with Crippen LogP contribution >= 0.6 is 0 Å². The molecule has 5 rings (SSSR count). The summed E-state index contributed by atoms with van der Waals surface area (Å²) in [4.78, 5) is 17.6. The Balaban J connectivity index is 1.41. The molecular formula is C26H25F2N3O. The van der Waals surface area contributed by atoms with Crippen LogP contribution < -0.4 is 15.1 Å². The lowest BCUT2D eigenvalue weighted by Crippen LogP contribution is -2.61. The molecule has 0 saturated carbocycles. The minimum absolute atomic E-state index is 0.0983. The Hall–Kier alpha value is -3.41. The lowest BCUT2D eigenvalue weighted by atomic mass is 9.83. The van der Waals surface area contributed by atoms with E-state index >= 15 is 0 Å². The van der Waals surface area contributed by atoms with Gasteiger partial charge in [0.1, 0.15) is 11.6 Å². The van der Waals surface area contributed by atoms with E-state index in [4.69, 9.17) is 0 Å². The molecule has 32 heavy (non-hydrogen) atoms. The third-order valence-electron chi connectivity index (χ3n) is 6.56. The van der Waals surface area contributed by atoms with Crippen molar-refractivity contribution in [3.63, 3.8) is 0 Å². The summed E-state index contributed by atoms with van der Waals surface area (Å²) in [6.07, 6.45) is 0.603. The van der Waals surface area contributed by atoms with Gasteiger partial charge >= 0.3 is 0 Å².